The van der Waals surface area contributed by atoms with Gasteiger partial charge in [0.2, 0.25) is 0 Å². The number of ether oxygens (including phenoxy) is 2. The van der Waals surface area contributed by atoms with Gasteiger partial charge in [-0.3, -0.25) is 4.79 Å². The summed E-state index contributed by atoms with van der Waals surface area (Å²) in [5.41, 5.74) is 2.47. The minimum atomic E-state index is -0.153. The number of carbonyl (C=O) groups is 1. The van der Waals surface area contributed by atoms with Crippen molar-refractivity contribution in [2.75, 3.05) is 25.6 Å². The van der Waals surface area contributed by atoms with Gasteiger partial charge in [0.05, 0.1) is 19.3 Å². The maximum atomic E-state index is 12.3. The summed E-state index contributed by atoms with van der Waals surface area (Å²) >= 11 is 0. The van der Waals surface area contributed by atoms with Gasteiger partial charge in [-0.1, -0.05) is 18.2 Å². The number of anilines is 2. The fraction of sp³-hybridized carbons (Fsp3) is 0.217. The average molecular weight is 391 g/mol. The first-order valence-electron chi connectivity index (χ1n) is 9.55. The molecule has 0 aliphatic carbocycles. The van der Waals surface area contributed by atoms with Crippen molar-refractivity contribution in [3.05, 3.63) is 78.0 Å². The van der Waals surface area contributed by atoms with Crippen LogP contribution in [0.5, 0.6) is 11.5 Å². The largest absolute Gasteiger partial charge is 0.496 e. The molecule has 29 heavy (non-hydrogen) atoms. The zero-order chi connectivity index (χ0) is 20.5. The molecule has 3 rings (SSSR count). The number of amides is 1. The van der Waals surface area contributed by atoms with Crippen LogP contribution in [0.4, 0.5) is 11.5 Å². The predicted octanol–water partition coefficient (Wildman–Crippen LogP) is 4.21. The van der Waals surface area contributed by atoms with Crippen LogP contribution < -0.4 is 20.1 Å². The van der Waals surface area contributed by atoms with E-state index in [0.29, 0.717) is 31.0 Å². The summed E-state index contributed by atoms with van der Waals surface area (Å²) in [6, 6.07) is 19.0. The first-order chi connectivity index (χ1) is 14.2. The number of pyridine rings is 1. The van der Waals surface area contributed by atoms with Gasteiger partial charge in [-0.05, 0) is 61.4 Å². The highest BCUT2D eigenvalue weighted by Crippen LogP contribution is 2.19. The fourth-order valence-corrected chi connectivity index (χ4v) is 2.87. The molecule has 3 aromatic rings. The number of nitrogens with zero attached hydrogens (tertiary/aromatic N) is 1. The lowest BCUT2D eigenvalue weighted by molar-refractivity contribution is 0.0953. The van der Waals surface area contributed by atoms with Crippen LogP contribution in [0.25, 0.3) is 0 Å². The smallest absolute Gasteiger partial charge is 0.252 e. The van der Waals surface area contributed by atoms with Gasteiger partial charge in [0.25, 0.3) is 5.91 Å². The number of carbonyl (C=O) groups excluding carboxylic acids is 1. The molecule has 1 aromatic heterocycles. The average Bonchev–Trinajstić information content (AvgIpc) is 2.76. The summed E-state index contributed by atoms with van der Waals surface area (Å²) in [6.07, 6.45) is 2.26. The molecule has 0 unspecified atom stereocenters. The van der Waals surface area contributed by atoms with E-state index in [2.05, 4.69) is 15.6 Å². The Bertz CT molecular complexity index is 925. The molecule has 6 nitrogen and oxygen atoms in total. The zero-order valence-electron chi connectivity index (χ0n) is 16.6. The van der Waals surface area contributed by atoms with Crippen molar-refractivity contribution in [1.82, 2.24) is 10.3 Å². The van der Waals surface area contributed by atoms with Crippen molar-refractivity contribution in [1.29, 1.82) is 0 Å². The molecule has 0 saturated carbocycles. The number of rotatable bonds is 9. The van der Waals surface area contributed by atoms with Crippen molar-refractivity contribution in [3.8, 4) is 11.5 Å². The molecule has 0 aliphatic rings. The molecule has 0 spiro atoms. The Morgan fingerprint density at radius 3 is 2.52 bits per heavy atom. The third-order valence-corrected chi connectivity index (χ3v) is 4.34. The second-order valence-corrected chi connectivity index (χ2v) is 6.33. The maximum absolute atomic E-state index is 12.3. The third kappa shape index (κ3) is 5.72. The van der Waals surface area contributed by atoms with E-state index in [1.165, 1.54) is 0 Å². The van der Waals surface area contributed by atoms with Crippen LogP contribution in [0.2, 0.25) is 0 Å². The summed E-state index contributed by atoms with van der Waals surface area (Å²) in [6.45, 7) is 3.11. The van der Waals surface area contributed by atoms with Crippen molar-refractivity contribution < 1.29 is 14.3 Å². The van der Waals surface area contributed by atoms with E-state index >= 15 is 0 Å². The van der Waals surface area contributed by atoms with Crippen molar-refractivity contribution in [2.45, 2.75) is 13.3 Å². The molecule has 6 heteroatoms. The molecule has 1 amide bonds. The highest BCUT2D eigenvalue weighted by atomic mass is 16.5. The van der Waals surface area contributed by atoms with Gasteiger partial charge in [0.1, 0.15) is 17.3 Å². The van der Waals surface area contributed by atoms with Crippen LogP contribution in [-0.4, -0.2) is 31.2 Å². The van der Waals surface area contributed by atoms with Crippen LogP contribution in [0.3, 0.4) is 0 Å². The Morgan fingerprint density at radius 2 is 1.83 bits per heavy atom. The minimum absolute atomic E-state index is 0.153. The van der Waals surface area contributed by atoms with E-state index in [1.807, 2.05) is 55.5 Å². The van der Waals surface area contributed by atoms with Gasteiger partial charge in [-0.15, -0.1) is 0 Å². The molecule has 0 aliphatic heterocycles. The number of para-hydroxylation sites is 1. The second-order valence-electron chi connectivity index (χ2n) is 6.33. The van der Waals surface area contributed by atoms with E-state index in [4.69, 9.17) is 9.47 Å². The number of benzene rings is 2. The second kappa shape index (κ2) is 10.1. The molecule has 0 saturated heterocycles. The standard InChI is InChI=1S/C23H25N3O3/c1-3-29-20-11-9-19(10-12-20)26-22-13-8-18(16-25-22)23(27)24-15-14-17-6-4-5-7-21(17)28-2/h4-13,16H,3,14-15H2,1-2H3,(H,24,27)(H,25,26). The highest BCUT2D eigenvalue weighted by molar-refractivity contribution is 5.94. The Kier molecular flexibility index (Phi) is 7.05. The fourth-order valence-electron chi connectivity index (χ4n) is 2.87. The molecule has 0 atom stereocenters. The molecule has 2 N–H and O–H groups in total. The van der Waals surface area contributed by atoms with Gasteiger partial charge in [0.15, 0.2) is 0 Å². The molecular weight excluding hydrogens is 366 g/mol. The number of methoxy groups -OCH3 is 1. The molecule has 2 aromatic carbocycles. The molecule has 150 valence electrons. The lowest BCUT2D eigenvalue weighted by Crippen LogP contribution is -2.25. The minimum Gasteiger partial charge on any atom is -0.496 e. The Labute approximate surface area is 170 Å². The third-order valence-electron chi connectivity index (χ3n) is 4.34. The summed E-state index contributed by atoms with van der Waals surface area (Å²) in [4.78, 5) is 16.7. The monoisotopic (exact) mass is 391 g/mol. The lowest BCUT2D eigenvalue weighted by atomic mass is 10.1. The first-order valence-corrected chi connectivity index (χ1v) is 9.55. The summed E-state index contributed by atoms with van der Waals surface area (Å²) < 4.78 is 10.8. The Morgan fingerprint density at radius 1 is 1.03 bits per heavy atom. The van der Waals surface area contributed by atoms with Crippen LogP contribution >= 0.6 is 0 Å². The van der Waals surface area contributed by atoms with Crippen LogP contribution in [-0.2, 0) is 6.42 Å². The topological polar surface area (TPSA) is 72.5 Å². The highest BCUT2D eigenvalue weighted by Gasteiger charge is 2.07. The number of aromatic nitrogens is 1. The van der Waals surface area contributed by atoms with Crippen LogP contribution in [0.15, 0.2) is 66.9 Å². The van der Waals surface area contributed by atoms with Gasteiger partial charge < -0.3 is 20.1 Å². The lowest BCUT2D eigenvalue weighted by Gasteiger charge is -2.10. The Hall–Kier alpha value is -3.54. The van der Waals surface area contributed by atoms with Crippen LogP contribution in [0.1, 0.15) is 22.8 Å². The predicted molar refractivity (Wildman–Crippen MR) is 114 cm³/mol. The molecule has 1 heterocycles. The summed E-state index contributed by atoms with van der Waals surface area (Å²) in [5, 5.41) is 6.12. The van der Waals surface area contributed by atoms with Gasteiger partial charge >= 0.3 is 0 Å². The summed E-state index contributed by atoms with van der Waals surface area (Å²) in [7, 11) is 1.64. The van der Waals surface area contributed by atoms with Gasteiger partial charge in [-0.25, -0.2) is 4.98 Å². The van der Waals surface area contributed by atoms with Gasteiger partial charge in [0, 0.05) is 18.4 Å². The SMILES string of the molecule is CCOc1ccc(Nc2ccc(C(=O)NCCc3ccccc3OC)cn2)cc1. The first kappa shape index (κ1) is 20.2. The number of hydrogen-bond donors (Lipinski definition) is 2. The number of hydrogen-bond acceptors (Lipinski definition) is 5. The normalized spacial score (nSPS) is 10.3. The maximum Gasteiger partial charge on any atom is 0.252 e. The van der Waals surface area contributed by atoms with Crippen molar-refractivity contribution >= 4 is 17.4 Å². The van der Waals surface area contributed by atoms with Crippen LogP contribution in [0, 0.1) is 0 Å². The van der Waals surface area contributed by atoms with E-state index < -0.39 is 0 Å². The molecule has 0 radical (unpaired) electrons. The van der Waals surface area contributed by atoms with E-state index in [-0.39, 0.29) is 5.91 Å². The van der Waals surface area contributed by atoms with Crippen molar-refractivity contribution in [2.24, 2.45) is 0 Å². The quantitative estimate of drug-likeness (QED) is 0.572. The Balaban J connectivity index is 1.51. The van der Waals surface area contributed by atoms with E-state index in [9.17, 15) is 4.79 Å². The molecular formula is C23H25N3O3. The van der Waals surface area contributed by atoms with E-state index in [1.54, 1.807) is 25.4 Å². The molecule has 0 bridgehead atoms. The van der Waals surface area contributed by atoms with Crippen molar-refractivity contribution in [3.63, 3.8) is 0 Å². The van der Waals surface area contributed by atoms with Gasteiger partial charge in [-0.2, -0.15) is 0 Å². The van der Waals surface area contributed by atoms with E-state index in [0.717, 1.165) is 22.7 Å². The summed E-state index contributed by atoms with van der Waals surface area (Å²) in [5.74, 6) is 2.17. The molecule has 0 fully saturated rings. The zero-order valence-corrected chi connectivity index (χ0v) is 16.6. The number of nitrogens with one attached hydrogen (secondary N) is 2.